The molecular formula is C20H38N2O8S2. The van der Waals surface area contributed by atoms with Crippen LogP contribution in [0.1, 0.15) is 66.2 Å². The van der Waals surface area contributed by atoms with Gasteiger partial charge in [0.15, 0.2) is 0 Å². The average Bonchev–Trinajstić information content (AvgIpc) is 3.05. The molecule has 4 saturated carbocycles. The van der Waals surface area contributed by atoms with Gasteiger partial charge in [-0.2, -0.15) is 0 Å². The van der Waals surface area contributed by atoms with Crippen LogP contribution >= 0.6 is 0 Å². The Kier molecular flexibility index (Phi) is 7.63. The van der Waals surface area contributed by atoms with E-state index in [1.165, 1.54) is 0 Å². The first-order valence-electron chi connectivity index (χ1n) is 10.3. The molecule has 0 aromatic heterocycles. The highest BCUT2D eigenvalue weighted by Gasteiger charge is 2.65. The fourth-order valence-corrected chi connectivity index (χ4v) is 9.38. The van der Waals surface area contributed by atoms with Gasteiger partial charge >= 0.3 is 0 Å². The van der Waals surface area contributed by atoms with E-state index >= 15 is 0 Å². The van der Waals surface area contributed by atoms with Crippen molar-refractivity contribution in [3.05, 3.63) is 0 Å². The van der Waals surface area contributed by atoms with Crippen molar-refractivity contribution in [3.8, 4) is 0 Å². The molecule has 0 saturated heterocycles. The van der Waals surface area contributed by atoms with Crippen LogP contribution < -0.4 is 12.3 Å². The molecule has 4 unspecified atom stereocenters. The summed E-state index contributed by atoms with van der Waals surface area (Å²) >= 11 is 0. The molecule has 0 spiro atoms. The molecule has 8 N–H and O–H groups in total. The van der Waals surface area contributed by atoms with Crippen molar-refractivity contribution >= 4 is 31.8 Å². The van der Waals surface area contributed by atoms with E-state index in [0.29, 0.717) is 25.7 Å². The third-order valence-electron chi connectivity index (χ3n) is 9.12. The number of carbonyl (C=O) groups is 2. The molecule has 0 aromatic carbocycles. The third-order valence-corrected chi connectivity index (χ3v) is 10.8. The second-order valence-electron chi connectivity index (χ2n) is 10.7. The number of quaternary nitrogens is 2. The summed E-state index contributed by atoms with van der Waals surface area (Å²) in [6.07, 6.45) is 3.75. The molecule has 4 aliphatic rings. The number of rotatable bonds is 4. The van der Waals surface area contributed by atoms with Gasteiger partial charge in [0.1, 0.15) is 11.6 Å². The largest absolute Gasteiger partial charge is 0.748 e. The summed E-state index contributed by atoms with van der Waals surface area (Å²) in [5.41, 5.74) is -2.44. The summed E-state index contributed by atoms with van der Waals surface area (Å²) in [5.74, 6) is -0.560. The Morgan fingerprint density at radius 1 is 0.719 bits per heavy atom. The second kappa shape index (κ2) is 8.38. The highest BCUT2D eigenvalue weighted by atomic mass is 32.2. The van der Waals surface area contributed by atoms with E-state index in [4.69, 9.17) is 0 Å². The zero-order chi connectivity index (χ0) is 23.0. The monoisotopic (exact) mass is 498 g/mol. The van der Waals surface area contributed by atoms with E-state index in [9.17, 15) is 35.5 Å². The molecular weight excluding hydrogens is 460 g/mol. The summed E-state index contributed by atoms with van der Waals surface area (Å²) in [6, 6.07) is 0. The lowest BCUT2D eigenvalue weighted by Gasteiger charge is -2.37. The van der Waals surface area contributed by atoms with Crippen molar-refractivity contribution in [2.45, 2.75) is 66.2 Å². The smallest absolute Gasteiger partial charge is 0.140 e. The fourth-order valence-electron chi connectivity index (χ4n) is 6.82. The van der Waals surface area contributed by atoms with E-state index in [1.54, 1.807) is 0 Å². The van der Waals surface area contributed by atoms with Crippen molar-refractivity contribution < 1.29 is 35.5 Å². The lowest BCUT2D eigenvalue weighted by molar-refractivity contribution is -0.128. The first-order valence-corrected chi connectivity index (χ1v) is 13.5. The SMILES string of the molecule is CC1(C)C2CCC1(CS(=O)(=O)[O-])C(=O)C2.CC1(C)C2CCC1(CS(=O)(=O)[O-])C(=O)C2.[NH4+].[NH4+]. The molecule has 0 radical (unpaired) electrons. The van der Waals surface area contributed by atoms with E-state index in [1.807, 2.05) is 27.7 Å². The van der Waals surface area contributed by atoms with Gasteiger partial charge in [-0.15, -0.1) is 0 Å². The first-order chi connectivity index (χ1) is 13.4. The number of ketones is 2. The Morgan fingerprint density at radius 3 is 1.16 bits per heavy atom. The molecule has 10 nitrogen and oxygen atoms in total. The van der Waals surface area contributed by atoms with Crippen LogP contribution in [0.5, 0.6) is 0 Å². The van der Waals surface area contributed by atoms with Gasteiger partial charge < -0.3 is 21.4 Å². The van der Waals surface area contributed by atoms with Gasteiger partial charge in [0, 0.05) is 23.7 Å². The van der Waals surface area contributed by atoms with Crippen LogP contribution in [0.15, 0.2) is 0 Å². The lowest BCUT2D eigenvalue weighted by atomic mass is 9.70. The van der Waals surface area contributed by atoms with Crippen molar-refractivity contribution in [2.75, 3.05) is 11.5 Å². The van der Waals surface area contributed by atoms with Crippen LogP contribution in [0, 0.1) is 33.5 Å². The van der Waals surface area contributed by atoms with Gasteiger partial charge in [0.25, 0.3) is 0 Å². The fraction of sp³-hybridized carbons (Fsp3) is 0.900. The molecule has 0 aromatic rings. The predicted molar refractivity (Wildman–Crippen MR) is 118 cm³/mol. The quantitative estimate of drug-likeness (QED) is 0.546. The zero-order valence-corrected chi connectivity index (χ0v) is 21.5. The standard InChI is InChI=1S/2C10H16O4S.2H3N/c2*1-9(2)7-3-4-10(9,8(11)5-7)6-15(12,13)14;;/h2*7H,3-6H2,1-2H3,(H,12,13,14);2*1H3. The maximum absolute atomic E-state index is 11.8. The molecule has 0 aliphatic heterocycles. The minimum atomic E-state index is -4.33. The van der Waals surface area contributed by atoms with Crippen molar-refractivity contribution in [2.24, 2.45) is 33.5 Å². The number of fused-ring (bicyclic) bond motifs is 4. The number of hydrogen-bond donors (Lipinski definition) is 2. The number of carbonyl (C=O) groups excluding carboxylic acids is 2. The molecule has 0 amide bonds. The van der Waals surface area contributed by atoms with Crippen LogP contribution in [0.3, 0.4) is 0 Å². The maximum atomic E-state index is 11.8. The molecule has 188 valence electrons. The predicted octanol–water partition coefficient (Wildman–Crippen LogP) is 2.61. The van der Waals surface area contributed by atoms with Gasteiger partial charge in [-0.1, -0.05) is 27.7 Å². The van der Waals surface area contributed by atoms with Crippen molar-refractivity contribution in [1.82, 2.24) is 12.3 Å². The van der Waals surface area contributed by atoms with E-state index in [2.05, 4.69) is 0 Å². The Balaban J connectivity index is 0.000000301. The third kappa shape index (κ3) is 4.29. The van der Waals surface area contributed by atoms with Gasteiger partial charge in [-0.05, 0) is 48.3 Å². The highest BCUT2D eigenvalue weighted by molar-refractivity contribution is 7.86. The molecule has 0 heterocycles. The normalized spacial score (nSPS) is 36.2. The second-order valence-corrected chi connectivity index (χ2v) is 13.5. The number of Topliss-reactive ketones (excluding diaryl/α,β-unsaturated/α-hetero) is 2. The molecule has 4 fully saturated rings. The molecule has 4 atom stereocenters. The van der Waals surface area contributed by atoms with Crippen LogP contribution in [-0.4, -0.2) is 49.0 Å². The van der Waals surface area contributed by atoms with Gasteiger partial charge in [-0.25, -0.2) is 16.8 Å². The summed E-state index contributed by atoms with van der Waals surface area (Å²) in [6.45, 7) is 7.67. The van der Waals surface area contributed by atoms with Crippen LogP contribution in [-0.2, 0) is 29.8 Å². The van der Waals surface area contributed by atoms with E-state index in [-0.39, 0.29) is 46.5 Å². The molecule has 4 bridgehead atoms. The van der Waals surface area contributed by atoms with Crippen molar-refractivity contribution in [1.29, 1.82) is 0 Å². The Bertz CT molecular complexity index is 909. The molecule has 32 heavy (non-hydrogen) atoms. The summed E-state index contributed by atoms with van der Waals surface area (Å²) < 4.78 is 65.4. The topological polar surface area (TPSA) is 222 Å². The Morgan fingerprint density at radius 2 is 1.00 bits per heavy atom. The van der Waals surface area contributed by atoms with E-state index < -0.39 is 42.6 Å². The summed E-state index contributed by atoms with van der Waals surface area (Å²) in [4.78, 5) is 23.7. The van der Waals surface area contributed by atoms with Crippen LogP contribution in [0.4, 0.5) is 0 Å². The first kappa shape index (κ1) is 29.1. The van der Waals surface area contributed by atoms with Gasteiger partial charge in [0.2, 0.25) is 0 Å². The molecule has 12 heteroatoms. The minimum Gasteiger partial charge on any atom is -0.748 e. The number of hydrogen-bond acceptors (Lipinski definition) is 8. The zero-order valence-electron chi connectivity index (χ0n) is 19.9. The minimum absolute atomic E-state index is 0. The highest BCUT2D eigenvalue weighted by Crippen LogP contribution is 2.65. The summed E-state index contributed by atoms with van der Waals surface area (Å²) in [5, 5.41) is 0. The summed E-state index contributed by atoms with van der Waals surface area (Å²) in [7, 11) is -8.65. The molecule has 4 rings (SSSR count). The van der Waals surface area contributed by atoms with E-state index in [0.717, 1.165) is 12.8 Å². The van der Waals surface area contributed by atoms with Crippen molar-refractivity contribution in [3.63, 3.8) is 0 Å². The average molecular weight is 499 g/mol. The van der Waals surface area contributed by atoms with Crippen LogP contribution in [0.25, 0.3) is 0 Å². The Hall–Kier alpha value is -0.920. The maximum Gasteiger partial charge on any atom is 0.140 e. The van der Waals surface area contributed by atoms with Crippen LogP contribution in [0.2, 0.25) is 0 Å². The lowest BCUT2D eigenvalue weighted by Crippen LogP contribution is -2.42. The van der Waals surface area contributed by atoms with Gasteiger partial charge in [0.05, 0.1) is 31.7 Å². The van der Waals surface area contributed by atoms with Gasteiger partial charge in [-0.3, -0.25) is 9.59 Å². The Labute approximate surface area is 191 Å². The molecule has 4 aliphatic carbocycles.